The van der Waals surface area contributed by atoms with Crippen LogP contribution in [0.1, 0.15) is 72.6 Å². The van der Waals surface area contributed by atoms with Crippen LogP contribution in [0.25, 0.3) is 0 Å². The quantitative estimate of drug-likeness (QED) is 0.532. The van der Waals surface area contributed by atoms with Crippen molar-refractivity contribution in [2.75, 3.05) is 7.11 Å². The van der Waals surface area contributed by atoms with E-state index in [-0.39, 0.29) is 17.3 Å². The number of ether oxygens (including phenoxy) is 1. The van der Waals surface area contributed by atoms with Crippen molar-refractivity contribution in [1.29, 1.82) is 0 Å². The Labute approximate surface area is 107 Å². The molecular weight excluding hydrogens is 212 g/mol. The summed E-state index contributed by atoms with van der Waals surface area (Å²) in [5, 5.41) is 0. The van der Waals surface area contributed by atoms with E-state index in [2.05, 4.69) is 6.92 Å². The fraction of sp³-hybridized carbons (Fsp3) is 0.933. The van der Waals surface area contributed by atoms with Gasteiger partial charge in [-0.15, -0.1) is 0 Å². The summed E-state index contributed by atoms with van der Waals surface area (Å²) >= 11 is 0. The van der Waals surface area contributed by atoms with Gasteiger partial charge in [-0.2, -0.15) is 0 Å². The molecule has 0 saturated carbocycles. The number of hydrogen-bond donors (Lipinski definition) is 0. The maximum Gasteiger partial charge on any atom is 0.138 e. The van der Waals surface area contributed by atoms with Crippen molar-refractivity contribution in [3.8, 4) is 0 Å². The van der Waals surface area contributed by atoms with Gasteiger partial charge in [0.25, 0.3) is 0 Å². The highest BCUT2D eigenvalue weighted by Crippen LogP contribution is 2.28. The molecule has 0 spiro atoms. The van der Waals surface area contributed by atoms with Crippen molar-refractivity contribution in [3.63, 3.8) is 0 Å². The van der Waals surface area contributed by atoms with Gasteiger partial charge in [-0.05, 0) is 13.3 Å². The number of Topliss-reactive ketones (excluding diaryl/α,β-unsaturated/α-hetero) is 1. The molecule has 1 atom stereocenters. The van der Waals surface area contributed by atoms with E-state index in [1.54, 1.807) is 14.0 Å². The van der Waals surface area contributed by atoms with Gasteiger partial charge in [-0.3, -0.25) is 4.79 Å². The topological polar surface area (TPSA) is 26.3 Å². The maximum absolute atomic E-state index is 11.6. The maximum atomic E-state index is 11.6. The fourth-order valence-corrected chi connectivity index (χ4v) is 2.11. The van der Waals surface area contributed by atoms with Crippen molar-refractivity contribution in [1.82, 2.24) is 0 Å². The standard InChI is InChI=1S/C15H30O2/c1-6-7-8-9-10-11-12-14(17-5)15(3,4)13(2)16/h14H,6-12H2,1-5H3. The van der Waals surface area contributed by atoms with Crippen molar-refractivity contribution in [2.45, 2.75) is 78.7 Å². The van der Waals surface area contributed by atoms with E-state index in [1.807, 2.05) is 13.8 Å². The number of carbonyl (C=O) groups is 1. The molecule has 102 valence electrons. The van der Waals surface area contributed by atoms with E-state index >= 15 is 0 Å². The molecule has 2 heteroatoms. The van der Waals surface area contributed by atoms with Crippen LogP contribution in [0.5, 0.6) is 0 Å². The third kappa shape index (κ3) is 6.21. The number of unbranched alkanes of at least 4 members (excludes halogenated alkanes) is 5. The first kappa shape index (κ1) is 16.6. The fourth-order valence-electron chi connectivity index (χ4n) is 2.11. The number of ketones is 1. The van der Waals surface area contributed by atoms with Crippen LogP contribution < -0.4 is 0 Å². The average molecular weight is 242 g/mol. The predicted octanol–water partition coefficient (Wildman–Crippen LogP) is 4.37. The third-order valence-electron chi connectivity index (χ3n) is 3.82. The van der Waals surface area contributed by atoms with Gasteiger partial charge in [0.2, 0.25) is 0 Å². The first-order valence-corrected chi connectivity index (χ1v) is 7.00. The molecule has 0 amide bonds. The Morgan fingerprint density at radius 2 is 1.65 bits per heavy atom. The lowest BCUT2D eigenvalue weighted by atomic mass is 9.80. The van der Waals surface area contributed by atoms with Crippen LogP contribution in [0.15, 0.2) is 0 Å². The van der Waals surface area contributed by atoms with Crippen LogP contribution in [0.4, 0.5) is 0 Å². The molecule has 0 fully saturated rings. The number of rotatable bonds is 10. The van der Waals surface area contributed by atoms with Crippen molar-refractivity contribution in [3.05, 3.63) is 0 Å². The van der Waals surface area contributed by atoms with Crippen LogP contribution in [-0.2, 0) is 9.53 Å². The van der Waals surface area contributed by atoms with E-state index < -0.39 is 0 Å². The summed E-state index contributed by atoms with van der Waals surface area (Å²) in [6.07, 6.45) is 8.76. The Morgan fingerprint density at radius 1 is 1.12 bits per heavy atom. The van der Waals surface area contributed by atoms with Crippen LogP contribution in [0.2, 0.25) is 0 Å². The zero-order valence-electron chi connectivity index (χ0n) is 12.3. The summed E-state index contributed by atoms with van der Waals surface area (Å²) in [6.45, 7) is 7.87. The van der Waals surface area contributed by atoms with Crippen molar-refractivity contribution in [2.24, 2.45) is 5.41 Å². The van der Waals surface area contributed by atoms with E-state index in [4.69, 9.17) is 4.74 Å². The van der Waals surface area contributed by atoms with Gasteiger partial charge in [-0.1, -0.05) is 59.3 Å². The molecule has 1 unspecified atom stereocenters. The number of methoxy groups -OCH3 is 1. The SMILES string of the molecule is CCCCCCCCC(OC)C(C)(C)C(C)=O. The molecule has 0 N–H and O–H groups in total. The lowest BCUT2D eigenvalue weighted by Gasteiger charge is -2.30. The van der Waals surface area contributed by atoms with Gasteiger partial charge in [0, 0.05) is 12.5 Å². The average Bonchev–Trinajstić information content (AvgIpc) is 2.27. The van der Waals surface area contributed by atoms with Crippen molar-refractivity contribution < 1.29 is 9.53 Å². The van der Waals surface area contributed by atoms with Gasteiger partial charge >= 0.3 is 0 Å². The van der Waals surface area contributed by atoms with Crippen LogP contribution in [0, 0.1) is 5.41 Å². The summed E-state index contributed by atoms with van der Waals surface area (Å²) in [7, 11) is 1.71. The molecule has 0 aliphatic heterocycles. The van der Waals surface area contributed by atoms with Gasteiger partial charge < -0.3 is 4.74 Å². The Hall–Kier alpha value is -0.370. The summed E-state index contributed by atoms with van der Waals surface area (Å²) in [6, 6.07) is 0. The van der Waals surface area contributed by atoms with Crippen LogP contribution in [-0.4, -0.2) is 19.0 Å². The predicted molar refractivity (Wildman–Crippen MR) is 73.3 cm³/mol. The minimum atomic E-state index is -0.349. The van der Waals surface area contributed by atoms with Crippen molar-refractivity contribution >= 4 is 5.78 Å². The minimum absolute atomic E-state index is 0.0613. The molecule has 0 aromatic rings. The van der Waals surface area contributed by atoms with E-state index in [0.29, 0.717) is 0 Å². The smallest absolute Gasteiger partial charge is 0.138 e. The molecule has 0 aromatic heterocycles. The molecule has 0 radical (unpaired) electrons. The zero-order chi connectivity index (χ0) is 13.3. The highest BCUT2D eigenvalue weighted by atomic mass is 16.5. The second-order valence-electron chi connectivity index (χ2n) is 5.56. The summed E-state index contributed by atoms with van der Waals surface area (Å²) < 4.78 is 5.48. The Balaban J connectivity index is 3.87. The molecule has 0 aliphatic rings. The van der Waals surface area contributed by atoms with Gasteiger partial charge in [0.05, 0.1) is 6.10 Å². The van der Waals surface area contributed by atoms with Gasteiger partial charge in [0.15, 0.2) is 0 Å². The number of hydrogen-bond acceptors (Lipinski definition) is 2. The summed E-state index contributed by atoms with van der Waals surface area (Å²) in [5.74, 6) is 0.218. The minimum Gasteiger partial charge on any atom is -0.380 e. The monoisotopic (exact) mass is 242 g/mol. The Kier molecular flexibility index (Phi) is 8.49. The number of carbonyl (C=O) groups excluding carboxylic acids is 1. The Bertz CT molecular complexity index is 209. The van der Waals surface area contributed by atoms with Crippen LogP contribution >= 0.6 is 0 Å². The molecule has 0 saturated heterocycles. The molecule has 17 heavy (non-hydrogen) atoms. The second kappa shape index (κ2) is 8.68. The van der Waals surface area contributed by atoms with Gasteiger partial charge in [-0.25, -0.2) is 0 Å². The second-order valence-corrected chi connectivity index (χ2v) is 5.56. The lowest BCUT2D eigenvalue weighted by Crippen LogP contribution is -2.37. The van der Waals surface area contributed by atoms with Crippen LogP contribution in [0.3, 0.4) is 0 Å². The molecule has 0 bridgehead atoms. The first-order chi connectivity index (χ1) is 7.96. The van der Waals surface area contributed by atoms with E-state index in [0.717, 1.165) is 6.42 Å². The highest BCUT2D eigenvalue weighted by Gasteiger charge is 2.33. The largest absolute Gasteiger partial charge is 0.380 e. The molecule has 2 nitrogen and oxygen atoms in total. The molecule has 0 aromatic carbocycles. The molecule has 0 rings (SSSR count). The Morgan fingerprint density at radius 3 is 2.12 bits per heavy atom. The molecule has 0 aliphatic carbocycles. The first-order valence-electron chi connectivity index (χ1n) is 7.00. The van der Waals surface area contributed by atoms with E-state index in [1.165, 1.54) is 38.5 Å². The summed E-state index contributed by atoms with van der Waals surface area (Å²) in [4.78, 5) is 11.6. The molecular formula is C15H30O2. The third-order valence-corrected chi connectivity index (χ3v) is 3.82. The molecule has 0 heterocycles. The summed E-state index contributed by atoms with van der Waals surface area (Å²) in [5.41, 5.74) is -0.349. The van der Waals surface area contributed by atoms with Gasteiger partial charge in [0.1, 0.15) is 5.78 Å². The normalized spacial score (nSPS) is 13.7. The lowest BCUT2D eigenvalue weighted by molar-refractivity contribution is -0.132. The zero-order valence-corrected chi connectivity index (χ0v) is 12.3. The highest BCUT2D eigenvalue weighted by molar-refractivity contribution is 5.82. The van der Waals surface area contributed by atoms with E-state index in [9.17, 15) is 4.79 Å².